The Labute approximate surface area is 214 Å². The fourth-order valence-corrected chi connectivity index (χ4v) is 4.14. The number of thioether (sulfide) groups is 1. The third-order valence-corrected chi connectivity index (χ3v) is 6.13. The number of amides is 2. The fraction of sp³-hybridized carbons (Fsp3) is 0.0800. The molecule has 9 nitrogen and oxygen atoms in total. The summed E-state index contributed by atoms with van der Waals surface area (Å²) in [4.78, 5) is 48.8. The van der Waals surface area contributed by atoms with Crippen LogP contribution in [0.25, 0.3) is 6.08 Å². The number of imide groups is 1. The van der Waals surface area contributed by atoms with Gasteiger partial charge < -0.3 is 9.47 Å². The number of nitrogens with zero attached hydrogens (tertiary/aromatic N) is 2. The van der Waals surface area contributed by atoms with Crippen molar-refractivity contribution in [3.63, 3.8) is 0 Å². The number of ether oxygens (including phenoxy) is 2. The van der Waals surface area contributed by atoms with Gasteiger partial charge in [0.15, 0.2) is 0 Å². The number of halogens is 1. The number of benzene rings is 3. The van der Waals surface area contributed by atoms with Crippen molar-refractivity contribution in [1.82, 2.24) is 4.90 Å². The molecule has 3 aromatic carbocycles. The second-order valence-electron chi connectivity index (χ2n) is 7.40. The summed E-state index contributed by atoms with van der Waals surface area (Å²) >= 11 is 6.67. The zero-order valence-corrected chi connectivity index (χ0v) is 20.0. The second-order valence-corrected chi connectivity index (χ2v) is 8.83. The molecule has 0 saturated carbocycles. The monoisotopic (exact) mass is 524 g/mol. The Hall–Kier alpha value is -4.15. The van der Waals surface area contributed by atoms with E-state index in [0.29, 0.717) is 16.3 Å². The van der Waals surface area contributed by atoms with Crippen molar-refractivity contribution >= 4 is 52.2 Å². The predicted molar refractivity (Wildman–Crippen MR) is 134 cm³/mol. The molecule has 11 heteroatoms. The Bertz CT molecular complexity index is 1340. The number of hydrogen-bond acceptors (Lipinski definition) is 8. The molecule has 0 spiro atoms. The molecule has 0 radical (unpaired) electrons. The van der Waals surface area contributed by atoms with E-state index in [-0.39, 0.29) is 40.3 Å². The van der Waals surface area contributed by atoms with Crippen LogP contribution in [-0.4, -0.2) is 40.1 Å². The molecule has 1 aliphatic heterocycles. The molecule has 0 unspecified atom stereocenters. The molecule has 0 bridgehead atoms. The van der Waals surface area contributed by atoms with Crippen LogP contribution < -0.4 is 9.47 Å². The SMILES string of the molecule is O=C(Oc1ccc(/C=C2\SC(=O)N(CCOc3ccc(Cl)cc3)C2=O)cc1)c1ccc([N+](=O)[O-])cc1. The number of non-ortho nitro benzene ring substituents is 1. The van der Waals surface area contributed by atoms with Crippen LogP contribution in [-0.2, 0) is 4.79 Å². The molecule has 0 aromatic heterocycles. The Balaban J connectivity index is 1.34. The van der Waals surface area contributed by atoms with E-state index in [1.165, 1.54) is 24.3 Å². The zero-order valence-electron chi connectivity index (χ0n) is 18.5. The highest BCUT2D eigenvalue weighted by molar-refractivity contribution is 8.18. The lowest BCUT2D eigenvalue weighted by Crippen LogP contribution is -2.32. The predicted octanol–water partition coefficient (Wildman–Crippen LogP) is 5.58. The number of nitro benzene ring substituents is 1. The van der Waals surface area contributed by atoms with Gasteiger partial charge in [0.25, 0.3) is 16.8 Å². The van der Waals surface area contributed by atoms with E-state index >= 15 is 0 Å². The Morgan fingerprint density at radius 1 is 0.972 bits per heavy atom. The molecule has 0 aliphatic carbocycles. The van der Waals surface area contributed by atoms with Crippen molar-refractivity contribution < 1.29 is 28.8 Å². The molecule has 1 aliphatic rings. The largest absolute Gasteiger partial charge is 0.492 e. The van der Waals surface area contributed by atoms with Gasteiger partial charge in [-0.1, -0.05) is 23.7 Å². The molecule has 36 heavy (non-hydrogen) atoms. The molecule has 1 fully saturated rings. The van der Waals surface area contributed by atoms with Gasteiger partial charge in [0.1, 0.15) is 18.1 Å². The average molecular weight is 525 g/mol. The van der Waals surface area contributed by atoms with Crippen LogP contribution in [0.5, 0.6) is 11.5 Å². The van der Waals surface area contributed by atoms with E-state index in [9.17, 15) is 24.5 Å². The molecule has 0 atom stereocenters. The molecule has 1 heterocycles. The maximum absolute atomic E-state index is 12.7. The lowest BCUT2D eigenvalue weighted by Gasteiger charge is -2.13. The van der Waals surface area contributed by atoms with E-state index in [0.717, 1.165) is 16.7 Å². The molecule has 4 rings (SSSR count). The van der Waals surface area contributed by atoms with Crippen molar-refractivity contribution in [2.24, 2.45) is 0 Å². The molecular weight excluding hydrogens is 508 g/mol. The van der Waals surface area contributed by atoms with Crippen LogP contribution in [0.3, 0.4) is 0 Å². The van der Waals surface area contributed by atoms with Crippen LogP contribution in [0.1, 0.15) is 15.9 Å². The number of hydrogen-bond donors (Lipinski definition) is 0. The molecule has 2 amide bonds. The summed E-state index contributed by atoms with van der Waals surface area (Å²) in [5.74, 6) is -0.253. The van der Waals surface area contributed by atoms with E-state index < -0.39 is 16.8 Å². The van der Waals surface area contributed by atoms with Crippen LogP contribution >= 0.6 is 23.4 Å². The Kier molecular flexibility index (Phi) is 7.67. The van der Waals surface area contributed by atoms with Gasteiger partial charge in [0, 0.05) is 17.2 Å². The summed E-state index contributed by atoms with van der Waals surface area (Å²) in [5, 5.41) is 10.9. The molecule has 182 valence electrons. The van der Waals surface area contributed by atoms with Crippen LogP contribution in [0.4, 0.5) is 10.5 Å². The minimum Gasteiger partial charge on any atom is -0.492 e. The maximum Gasteiger partial charge on any atom is 0.343 e. The lowest BCUT2D eigenvalue weighted by molar-refractivity contribution is -0.384. The lowest BCUT2D eigenvalue weighted by atomic mass is 10.2. The summed E-state index contributed by atoms with van der Waals surface area (Å²) in [7, 11) is 0. The van der Waals surface area contributed by atoms with Gasteiger partial charge in [-0.2, -0.15) is 0 Å². The summed E-state index contributed by atoms with van der Waals surface area (Å²) in [6, 6.07) is 18.2. The highest BCUT2D eigenvalue weighted by Crippen LogP contribution is 2.32. The number of carbonyl (C=O) groups excluding carboxylic acids is 3. The van der Waals surface area contributed by atoms with Crippen LogP contribution in [0, 0.1) is 10.1 Å². The molecule has 3 aromatic rings. The highest BCUT2D eigenvalue weighted by atomic mass is 35.5. The normalized spacial score (nSPS) is 14.2. The third-order valence-electron chi connectivity index (χ3n) is 4.97. The topological polar surface area (TPSA) is 116 Å². The first kappa shape index (κ1) is 25.0. The van der Waals surface area contributed by atoms with Crippen molar-refractivity contribution in [2.75, 3.05) is 13.2 Å². The van der Waals surface area contributed by atoms with Gasteiger partial charge in [-0.15, -0.1) is 0 Å². The smallest absolute Gasteiger partial charge is 0.343 e. The van der Waals surface area contributed by atoms with Gasteiger partial charge in [-0.05, 0) is 71.9 Å². The van der Waals surface area contributed by atoms with Crippen molar-refractivity contribution in [3.8, 4) is 11.5 Å². The quantitative estimate of drug-likeness (QED) is 0.123. The average Bonchev–Trinajstić information content (AvgIpc) is 3.13. The van der Waals surface area contributed by atoms with Crippen molar-refractivity contribution in [3.05, 3.63) is 104 Å². The maximum atomic E-state index is 12.7. The van der Waals surface area contributed by atoms with Crippen molar-refractivity contribution in [2.45, 2.75) is 0 Å². The summed E-state index contributed by atoms with van der Waals surface area (Å²) in [6.07, 6.45) is 1.58. The minimum atomic E-state index is -0.667. The minimum absolute atomic E-state index is 0.0994. The zero-order chi connectivity index (χ0) is 25.7. The fourth-order valence-electron chi connectivity index (χ4n) is 3.15. The van der Waals surface area contributed by atoms with Gasteiger partial charge in [0.2, 0.25) is 0 Å². The van der Waals surface area contributed by atoms with E-state index in [2.05, 4.69) is 0 Å². The van der Waals surface area contributed by atoms with Crippen LogP contribution in [0.2, 0.25) is 5.02 Å². The highest BCUT2D eigenvalue weighted by Gasteiger charge is 2.34. The standard InChI is InChI=1S/C25H17ClN2O7S/c26-18-5-11-20(12-6-18)34-14-13-27-23(29)22(36-25(27)31)15-16-1-9-21(10-2-16)35-24(30)17-3-7-19(8-4-17)28(32)33/h1-12,15H,13-14H2/b22-15-. The van der Waals surface area contributed by atoms with Gasteiger partial charge in [-0.25, -0.2) is 4.79 Å². The first-order valence-corrected chi connectivity index (χ1v) is 11.7. The van der Waals surface area contributed by atoms with Crippen LogP contribution in [0.15, 0.2) is 77.7 Å². The molecule has 0 N–H and O–H groups in total. The summed E-state index contributed by atoms with van der Waals surface area (Å²) in [5.41, 5.74) is 0.667. The van der Waals surface area contributed by atoms with Gasteiger partial charge in [-0.3, -0.25) is 24.6 Å². The summed E-state index contributed by atoms with van der Waals surface area (Å²) in [6.45, 7) is 0.240. The number of carbonyl (C=O) groups is 3. The molecule has 1 saturated heterocycles. The first-order valence-electron chi connectivity index (χ1n) is 10.5. The van der Waals surface area contributed by atoms with E-state index in [1.54, 1.807) is 54.6 Å². The second kappa shape index (κ2) is 11.1. The third kappa shape index (κ3) is 6.09. The van der Waals surface area contributed by atoms with E-state index in [1.807, 2.05) is 0 Å². The Morgan fingerprint density at radius 2 is 1.61 bits per heavy atom. The molecular formula is C25H17ClN2O7S. The van der Waals surface area contributed by atoms with E-state index in [4.69, 9.17) is 21.1 Å². The van der Waals surface area contributed by atoms with Gasteiger partial charge >= 0.3 is 5.97 Å². The van der Waals surface area contributed by atoms with Crippen molar-refractivity contribution in [1.29, 1.82) is 0 Å². The number of nitro groups is 1. The van der Waals surface area contributed by atoms with Gasteiger partial charge in [0.05, 0.1) is 21.9 Å². The number of esters is 1. The first-order chi connectivity index (χ1) is 17.3. The number of rotatable bonds is 8. The Morgan fingerprint density at radius 3 is 2.25 bits per heavy atom. The summed E-state index contributed by atoms with van der Waals surface area (Å²) < 4.78 is 10.8.